The van der Waals surface area contributed by atoms with Crippen molar-refractivity contribution in [1.29, 1.82) is 5.26 Å². The maximum absolute atomic E-state index is 13.1. The van der Waals surface area contributed by atoms with E-state index in [4.69, 9.17) is 26.3 Å². The molecule has 1 saturated heterocycles. The molecule has 0 unspecified atom stereocenters. The smallest absolute Gasteiger partial charge is 0.254 e. The van der Waals surface area contributed by atoms with Crippen LogP contribution in [-0.4, -0.2) is 55.1 Å². The number of rotatable bonds is 3. The molecule has 2 aliphatic heterocycles. The van der Waals surface area contributed by atoms with Gasteiger partial charge in [-0.3, -0.25) is 9.69 Å². The molecule has 2 aliphatic rings. The van der Waals surface area contributed by atoms with E-state index in [9.17, 15) is 4.79 Å². The first-order valence-corrected chi connectivity index (χ1v) is 10.6. The lowest BCUT2D eigenvalue weighted by molar-refractivity contribution is 0.0760. The van der Waals surface area contributed by atoms with Crippen LogP contribution in [0.15, 0.2) is 36.4 Å². The summed E-state index contributed by atoms with van der Waals surface area (Å²) in [6.07, 6.45) is 1.69. The first-order valence-electron chi connectivity index (χ1n) is 10.2. The highest BCUT2D eigenvalue weighted by molar-refractivity contribution is 6.32. The Kier molecular flexibility index (Phi) is 6.41. The van der Waals surface area contributed by atoms with Crippen LogP contribution in [0.3, 0.4) is 0 Å². The lowest BCUT2D eigenvalue weighted by atomic mass is 10.1. The summed E-state index contributed by atoms with van der Waals surface area (Å²) in [4.78, 5) is 17.4. The second-order valence-corrected chi connectivity index (χ2v) is 7.97. The van der Waals surface area contributed by atoms with E-state index in [1.165, 1.54) is 5.56 Å². The number of nitriles is 1. The SMILES string of the molecule is N#Cc1ccc(CN2CCCN(C(=O)c3cc(Cl)c4c(c3)OCCCO4)CC2)cc1. The van der Waals surface area contributed by atoms with Gasteiger partial charge in [-0.2, -0.15) is 5.26 Å². The molecular weight excluding hydrogens is 402 g/mol. The fourth-order valence-electron chi connectivity index (χ4n) is 3.81. The molecule has 30 heavy (non-hydrogen) atoms. The summed E-state index contributed by atoms with van der Waals surface area (Å²) in [5.41, 5.74) is 2.37. The Bertz CT molecular complexity index is 955. The lowest BCUT2D eigenvalue weighted by Gasteiger charge is -2.22. The Morgan fingerprint density at radius 2 is 1.83 bits per heavy atom. The van der Waals surface area contributed by atoms with Gasteiger partial charge in [-0.1, -0.05) is 23.7 Å². The first-order chi connectivity index (χ1) is 14.6. The van der Waals surface area contributed by atoms with Crippen molar-refractivity contribution in [3.05, 3.63) is 58.1 Å². The van der Waals surface area contributed by atoms with Gasteiger partial charge in [0, 0.05) is 44.7 Å². The molecule has 1 amide bonds. The van der Waals surface area contributed by atoms with Gasteiger partial charge in [0.1, 0.15) is 0 Å². The van der Waals surface area contributed by atoms with Crippen LogP contribution in [0.25, 0.3) is 0 Å². The summed E-state index contributed by atoms with van der Waals surface area (Å²) < 4.78 is 11.4. The molecule has 0 spiro atoms. The van der Waals surface area contributed by atoms with Crippen molar-refractivity contribution >= 4 is 17.5 Å². The average molecular weight is 426 g/mol. The number of halogens is 1. The molecule has 0 aliphatic carbocycles. The second-order valence-electron chi connectivity index (χ2n) is 7.57. The Labute approximate surface area is 181 Å². The van der Waals surface area contributed by atoms with Crippen molar-refractivity contribution in [2.24, 2.45) is 0 Å². The van der Waals surface area contributed by atoms with Gasteiger partial charge in [-0.05, 0) is 36.2 Å². The predicted octanol–water partition coefficient (Wildman–Crippen LogP) is 3.72. The van der Waals surface area contributed by atoms with E-state index in [1.807, 2.05) is 29.2 Å². The molecular formula is C23H24ClN3O3. The molecule has 4 rings (SSSR count). The standard InChI is InChI=1S/C23H24ClN3O3/c24-20-13-19(14-21-22(20)30-12-2-11-29-21)23(28)27-8-1-7-26(9-10-27)16-18-5-3-17(15-25)4-6-18/h3-6,13-14H,1-2,7-12,16H2. The van der Waals surface area contributed by atoms with E-state index < -0.39 is 0 Å². The molecule has 0 saturated carbocycles. The van der Waals surface area contributed by atoms with E-state index in [1.54, 1.807) is 12.1 Å². The van der Waals surface area contributed by atoms with Gasteiger partial charge in [0.25, 0.3) is 5.91 Å². The number of carbonyl (C=O) groups is 1. The zero-order valence-electron chi connectivity index (χ0n) is 16.8. The second kappa shape index (κ2) is 9.38. The van der Waals surface area contributed by atoms with Crippen LogP contribution in [-0.2, 0) is 6.54 Å². The average Bonchev–Trinajstić information content (AvgIpc) is 3.15. The molecule has 0 aromatic heterocycles. The van der Waals surface area contributed by atoms with Crippen molar-refractivity contribution in [1.82, 2.24) is 9.80 Å². The van der Waals surface area contributed by atoms with Crippen molar-refractivity contribution in [3.63, 3.8) is 0 Å². The third-order valence-electron chi connectivity index (χ3n) is 5.41. The molecule has 0 atom stereocenters. The van der Waals surface area contributed by atoms with Crippen LogP contribution in [0.1, 0.15) is 34.3 Å². The maximum Gasteiger partial charge on any atom is 0.254 e. The van der Waals surface area contributed by atoms with Gasteiger partial charge in [0.05, 0.1) is 29.9 Å². The molecule has 2 aromatic carbocycles. The minimum Gasteiger partial charge on any atom is -0.489 e. The maximum atomic E-state index is 13.1. The Morgan fingerprint density at radius 3 is 2.63 bits per heavy atom. The molecule has 1 fully saturated rings. The first kappa shape index (κ1) is 20.5. The third kappa shape index (κ3) is 4.69. The number of carbonyl (C=O) groups excluding carboxylic acids is 1. The molecule has 0 bridgehead atoms. The number of hydrogen-bond acceptors (Lipinski definition) is 5. The van der Waals surface area contributed by atoms with Gasteiger partial charge < -0.3 is 14.4 Å². The predicted molar refractivity (Wildman–Crippen MR) is 114 cm³/mol. The van der Waals surface area contributed by atoms with Crippen LogP contribution >= 0.6 is 11.6 Å². The molecule has 156 valence electrons. The summed E-state index contributed by atoms with van der Waals surface area (Å²) in [7, 11) is 0. The van der Waals surface area contributed by atoms with Crippen molar-refractivity contribution in [2.75, 3.05) is 39.4 Å². The number of ether oxygens (including phenoxy) is 2. The summed E-state index contributed by atoms with van der Waals surface area (Å²) in [6.45, 7) is 4.99. The van der Waals surface area contributed by atoms with E-state index in [0.717, 1.165) is 32.5 Å². The zero-order valence-corrected chi connectivity index (χ0v) is 17.5. The molecule has 2 heterocycles. The highest BCUT2D eigenvalue weighted by atomic mass is 35.5. The van der Waals surface area contributed by atoms with E-state index in [2.05, 4.69) is 11.0 Å². The fraction of sp³-hybridized carbons (Fsp3) is 0.391. The Hall–Kier alpha value is -2.75. The molecule has 2 aromatic rings. The molecule has 6 nitrogen and oxygen atoms in total. The topological polar surface area (TPSA) is 65.8 Å². The highest BCUT2D eigenvalue weighted by Gasteiger charge is 2.24. The summed E-state index contributed by atoms with van der Waals surface area (Å²) in [5.74, 6) is 1.03. The Balaban J connectivity index is 1.41. The molecule has 0 radical (unpaired) electrons. The zero-order chi connectivity index (χ0) is 20.9. The number of hydrogen-bond donors (Lipinski definition) is 0. The van der Waals surface area contributed by atoms with Crippen LogP contribution in [0.4, 0.5) is 0 Å². The quantitative estimate of drug-likeness (QED) is 0.749. The largest absolute Gasteiger partial charge is 0.489 e. The van der Waals surface area contributed by atoms with E-state index >= 15 is 0 Å². The third-order valence-corrected chi connectivity index (χ3v) is 5.69. The fourth-order valence-corrected chi connectivity index (χ4v) is 4.08. The number of nitrogens with zero attached hydrogens (tertiary/aromatic N) is 3. The lowest BCUT2D eigenvalue weighted by Crippen LogP contribution is -2.35. The van der Waals surface area contributed by atoms with Crippen molar-refractivity contribution in [3.8, 4) is 17.6 Å². The molecule has 7 heteroatoms. The van der Waals surface area contributed by atoms with Gasteiger partial charge in [-0.15, -0.1) is 0 Å². The van der Waals surface area contributed by atoms with Crippen LogP contribution in [0, 0.1) is 11.3 Å². The van der Waals surface area contributed by atoms with Crippen LogP contribution in [0.2, 0.25) is 5.02 Å². The highest BCUT2D eigenvalue weighted by Crippen LogP contribution is 2.38. The minimum atomic E-state index is -0.0345. The van der Waals surface area contributed by atoms with Gasteiger partial charge >= 0.3 is 0 Å². The number of fused-ring (bicyclic) bond motifs is 1. The summed E-state index contributed by atoms with van der Waals surface area (Å²) >= 11 is 6.37. The normalized spacial score (nSPS) is 17.0. The van der Waals surface area contributed by atoms with E-state index in [0.29, 0.717) is 54.0 Å². The number of benzene rings is 2. The van der Waals surface area contributed by atoms with E-state index in [-0.39, 0.29) is 5.91 Å². The summed E-state index contributed by atoms with van der Waals surface area (Å²) in [6, 6.07) is 13.2. The monoisotopic (exact) mass is 425 g/mol. The minimum absolute atomic E-state index is 0.0345. The van der Waals surface area contributed by atoms with Crippen LogP contribution < -0.4 is 9.47 Å². The molecule has 0 N–H and O–H groups in total. The van der Waals surface area contributed by atoms with Gasteiger partial charge in [0.15, 0.2) is 11.5 Å². The van der Waals surface area contributed by atoms with Crippen LogP contribution in [0.5, 0.6) is 11.5 Å². The van der Waals surface area contributed by atoms with Crippen molar-refractivity contribution < 1.29 is 14.3 Å². The van der Waals surface area contributed by atoms with Gasteiger partial charge in [0.2, 0.25) is 0 Å². The van der Waals surface area contributed by atoms with Gasteiger partial charge in [-0.25, -0.2) is 0 Å². The van der Waals surface area contributed by atoms with Crippen molar-refractivity contribution in [2.45, 2.75) is 19.4 Å². The number of amides is 1. The summed E-state index contributed by atoms with van der Waals surface area (Å²) in [5, 5.41) is 9.35. The Morgan fingerprint density at radius 1 is 1.03 bits per heavy atom.